The Bertz CT molecular complexity index is 674. The van der Waals surface area contributed by atoms with Crippen LogP contribution in [0.1, 0.15) is 46.4 Å². The zero-order chi connectivity index (χ0) is 16.1. The van der Waals surface area contributed by atoms with Crippen molar-refractivity contribution in [2.75, 3.05) is 5.32 Å². The minimum atomic E-state index is -0.159. The van der Waals surface area contributed by atoms with Crippen LogP contribution in [0, 0.1) is 0 Å². The number of hydrogen-bond donors (Lipinski definition) is 2. The number of hydrogen-bond acceptors (Lipinski definition) is 2. The molecule has 2 amide bonds. The molecule has 1 aliphatic carbocycles. The summed E-state index contributed by atoms with van der Waals surface area (Å²) in [6.45, 7) is 0. The second-order valence-corrected chi connectivity index (χ2v) is 5.85. The van der Waals surface area contributed by atoms with Gasteiger partial charge in [0.2, 0.25) is 0 Å². The Kier molecular flexibility index (Phi) is 4.71. The quantitative estimate of drug-likeness (QED) is 0.906. The number of nitrogens with one attached hydrogen (secondary N) is 2. The van der Waals surface area contributed by atoms with Gasteiger partial charge in [-0.1, -0.05) is 31.0 Å². The molecule has 1 saturated carbocycles. The molecule has 0 aliphatic heterocycles. The van der Waals surface area contributed by atoms with Gasteiger partial charge in [-0.25, -0.2) is 0 Å². The number of benzene rings is 2. The average molecular weight is 308 g/mol. The third kappa shape index (κ3) is 3.97. The zero-order valence-corrected chi connectivity index (χ0v) is 12.9. The topological polar surface area (TPSA) is 58.2 Å². The van der Waals surface area contributed by atoms with Gasteiger partial charge in [0.1, 0.15) is 0 Å². The first-order chi connectivity index (χ1) is 11.2. The minimum absolute atomic E-state index is 0.0437. The highest BCUT2D eigenvalue weighted by Crippen LogP contribution is 2.18. The van der Waals surface area contributed by atoms with Gasteiger partial charge in [-0.3, -0.25) is 9.59 Å². The lowest BCUT2D eigenvalue weighted by Crippen LogP contribution is -2.32. The first-order valence-electron chi connectivity index (χ1n) is 8.00. The number of amides is 2. The Morgan fingerprint density at radius 2 is 1.39 bits per heavy atom. The fourth-order valence-corrected chi connectivity index (χ4v) is 2.84. The molecular formula is C19H20N2O2. The van der Waals surface area contributed by atoms with Crippen molar-refractivity contribution in [1.29, 1.82) is 0 Å². The van der Waals surface area contributed by atoms with Gasteiger partial charge in [0.25, 0.3) is 11.8 Å². The maximum Gasteiger partial charge on any atom is 0.255 e. The Balaban J connectivity index is 1.60. The van der Waals surface area contributed by atoms with E-state index in [1.807, 2.05) is 18.2 Å². The molecule has 0 atom stereocenters. The minimum Gasteiger partial charge on any atom is -0.349 e. The van der Waals surface area contributed by atoms with Crippen molar-refractivity contribution in [2.45, 2.75) is 31.7 Å². The fourth-order valence-electron chi connectivity index (χ4n) is 2.84. The molecule has 0 saturated heterocycles. The third-order valence-corrected chi connectivity index (χ3v) is 4.13. The number of carbonyl (C=O) groups is 2. The lowest BCUT2D eigenvalue weighted by molar-refractivity contribution is 0.0937. The van der Waals surface area contributed by atoms with E-state index in [1.54, 1.807) is 36.4 Å². The SMILES string of the molecule is O=C(Nc1ccc(C(=O)NC2CCCC2)cc1)c1ccccc1. The Hall–Kier alpha value is -2.62. The van der Waals surface area contributed by atoms with E-state index in [-0.39, 0.29) is 11.8 Å². The molecule has 0 aromatic heterocycles. The average Bonchev–Trinajstić information content (AvgIpc) is 3.09. The van der Waals surface area contributed by atoms with Crippen LogP contribution in [0.3, 0.4) is 0 Å². The normalized spacial score (nSPS) is 14.4. The van der Waals surface area contributed by atoms with Crippen LogP contribution >= 0.6 is 0 Å². The van der Waals surface area contributed by atoms with Gasteiger partial charge in [0.15, 0.2) is 0 Å². The van der Waals surface area contributed by atoms with Gasteiger partial charge in [-0.2, -0.15) is 0 Å². The number of rotatable bonds is 4. The van der Waals surface area contributed by atoms with Gasteiger partial charge in [0, 0.05) is 22.9 Å². The van der Waals surface area contributed by atoms with E-state index in [2.05, 4.69) is 10.6 Å². The third-order valence-electron chi connectivity index (χ3n) is 4.13. The summed E-state index contributed by atoms with van der Waals surface area (Å²) in [6.07, 6.45) is 4.51. The highest BCUT2D eigenvalue weighted by molar-refractivity contribution is 6.04. The van der Waals surface area contributed by atoms with Crippen molar-refractivity contribution in [3.8, 4) is 0 Å². The van der Waals surface area contributed by atoms with Crippen molar-refractivity contribution in [3.63, 3.8) is 0 Å². The largest absolute Gasteiger partial charge is 0.349 e. The maximum atomic E-state index is 12.2. The van der Waals surface area contributed by atoms with Gasteiger partial charge in [-0.05, 0) is 49.2 Å². The van der Waals surface area contributed by atoms with E-state index in [1.165, 1.54) is 12.8 Å². The predicted molar refractivity (Wildman–Crippen MR) is 90.6 cm³/mol. The molecule has 0 bridgehead atoms. The summed E-state index contributed by atoms with van der Waals surface area (Å²) in [5, 5.41) is 5.88. The maximum absolute atomic E-state index is 12.2. The second kappa shape index (κ2) is 7.09. The van der Waals surface area contributed by atoms with E-state index in [9.17, 15) is 9.59 Å². The molecule has 3 rings (SSSR count). The molecule has 0 radical (unpaired) electrons. The van der Waals surface area contributed by atoms with Crippen molar-refractivity contribution < 1.29 is 9.59 Å². The lowest BCUT2D eigenvalue weighted by atomic mass is 10.1. The van der Waals surface area contributed by atoms with Gasteiger partial charge in [-0.15, -0.1) is 0 Å². The van der Waals surface area contributed by atoms with E-state index >= 15 is 0 Å². The molecule has 4 heteroatoms. The molecular weight excluding hydrogens is 288 g/mol. The van der Waals surface area contributed by atoms with Crippen LogP contribution in [0.4, 0.5) is 5.69 Å². The predicted octanol–water partition coefficient (Wildman–Crippen LogP) is 3.61. The van der Waals surface area contributed by atoms with Crippen LogP contribution in [0.5, 0.6) is 0 Å². The number of anilines is 1. The van der Waals surface area contributed by atoms with Gasteiger partial charge < -0.3 is 10.6 Å². The summed E-state index contributed by atoms with van der Waals surface area (Å²) in [5.74, 6) is -0.202. The molecule has 2 aromatic rings. The standard InChI is InChI=1S/C19H20N2O2/c22-18(14-6-2-1-3-7-14)21-17-12-10-15(11-13-17)19(23)20-16-8-4-5-9-16/h1-3,6-7,10-13,16H,4-5,8-9H2,(H,20,23)(H,21,22). The van der Waals surface area contributed by atoms with Crippen LogP contribution in [-0.2, 0) is 0 Å². The fraction of sp³-hybridized carbons (Fsp3) is 0.263. The van der Waals surface area contributed by atoms with Crippen LogP contribution in [0.15, 0.2) is 54.6 Å². The summed E-state index contributed by atoms with van der Waals surface area (Å²) < 4.78 is 0. The summed E-state index contributed by atoms with van der Waals surface area (Å²) in [6, 6.07) is 16.3. The molecule has 23 heavy (non-hydrogen) atoms. The first-order valence-corrected chi connectivity index (χ1v) is 8.00. The molecule has 0 unspecified atom stereocenters. The molecule has 0 heterocycles. The van der Waals surface area contributed by atoms with Crippen molar-refractivity contribution in [3.05, 3.63) is 65.7 Å². The van der Waals surface area contributed by atoms with Crippen LogP contribution in [0.2, 0.25) is 0 Å². The summed E-state index contributed by atoms with van der Waals surface area (Å²) in [4.78, 5) is 24.2. The van der Waals surface area contributed by atoms with Crippen LogP contribution < -0.4 is 10.6 Å². The summed E-state index contributed by atoms with van der Waals surface area (Å²) in [7, 11) is 0. The first kappa shape index (κ1) is 15.3. The molecule has 1 aliphatic rings. The summed E-state index contributed by atoms with van der Waals surface area (Å²) >= 11 is 0. The zero-order valence-electron chi connectivity index (χ0n) is 12.9. The smallest absolute Gasteiger partial charge is 0.255 e. The van der Waals surface area contributed by atoms with Gasteiger partial charge >= 0.3 is 0 Å². The van der Waals surface area contributed by atoms with Gasteiger partial charge in [0.05, 0.1) is 0 Å². The van der Waals surface area contributed by atoms with E-state index < -0.39 is 0 Å². The van der Waals surface area contributed by atoms with Crippen LogP contribution in [0.25, 0.3) is 0 Å². The van der Waals surface area contributed by atoms with E-state index in [0.717, 1.165) is 12.8 Å². The Morgan fingerprint density at radius 3 is 2.04 bits per heavy atom. The van der Waals surface area contributed by atoms with Crippen molar-refractivity contribution >= 4 is 17.5 Å². The molecule has 2 N–H and O–H groups in total. The van der Waals surface area contributed by atoms with Crippen molar-refractivity contribution in [2.24, 2.45) is 0 Å². The molecule has 118 valence electrons. The van der Waals surface area contributed by atoms with E-state index in [0.29, 0.717) is 22.9 Å². The monoisotopic (exact) mass is 308 g/mol. The molecule has 4 nitrogen and oxygen atoms in total. The molecule has 2 aromatic carbocycles. The summed E-state index contributed by atoms with van der Waals surface area (Å²) in [5.41, 5.74) is 1.90. The molecule has 0 spiro atoms. The van der Waals surface area contributed by atoms with Crippen LogP contribution in [-0.4, -0.2) is 17.9 Å². The Morgan fingerprint density at radius 1 is 0.783 bits per heavy atom. The second-order valence-electron chi connectivity index (χ2n) is 5.85. The highest BCUT2D eigenvalue weighted by Gasteiger charge is 2.17. The van der Waals surface area contributed by atoms with E-state index in [4.69, 9.17) is 0 Å². The van der Waals surface area contributed by atoms with Crippen molar-refractivity contribution in [1.82, 2.24) is 5.32 Å². The highest BCUT2D eigenvalue weighted by atomic mass is 16.2. The lowest BCUT2D eigenvalue weighted by Gasteiger charge is -2.12. The number of carbonyl (C=O) groups excluding carboxylic acids is 2. The Labute approximate surface area is 135 Å². The molecule has 1 fully saturated rings.